The van der Waals surface area contributed by atoms with E-state index in [2.05, 4.69) is 250 Å². The van der Waals surface area contributed by atoms with Crippen LogP contribution < -0.4 is 0 Å². The van der Waals surface area contributed by atoms with Gasteiger partial charge in [0.1, 0.15) is 12.1 Å². The molecule has 0 aliphatic rings. The Kier molecular flexibility index (Phi) is 8.23. The van der Waals surface area contributed by atoms with Crippen LogP contribution >= 0.6 is 0 Å². The van der Waals surface area contributed by atoms with Crippen LogP contribution in [0.4, 0.5) is 0 Å². The molecular formula is C63H38N6. The lowest BCUT2D eigenvalue weighted by atomic mass is 9.94. The molecule has 6 heteroatoms. The van der Waals surface area contributed by atoms with Gasteiger partial charge in [-0.25, -0.2) is 0 Å². The Hall–Kier alpha value is -9.62. The molecule has 0 spiro atoms. The smallest absolute Gasteiger partial charge is 0.101 e. The first kappa shape index (κ1) is 38.6. The molecule has 6 nitrogen and oxygen atoms in total. The Morgan fingerprint density at radius 2 is 0.565 bits per heavy atom. The summed E-state index contributed by atoms with van der Waals surface area (Å²) in [4.78, 5) is 0. The zero-order valence-electron chi connectivity index (χ0n) is 37.4. The van der Waals surface area contributed by atoms with E-state index in [1.165, 1.54) is 0 Å². The second kappa shape index (κ2) is 14.7. The van der Waals surface area contributed by atoms with Crippen molar-refractivity contribution >= 4 is 87.2 Å². The summed E-state index contributed by atoms with van der Waals surface area (Å²) in [7, 11) is 0. The highest BCUT2D eigenvalue weighted by Gasteiger charge is 2.27. The average Bonchev–Trinajstić information content (AvgIpc) is 4.14. The van der Waals surface area contributed by atoms with Crippen molar-refractivity contribution in [2.75, 3.05) is 0 Å². The lowest BCUT2D eigenvalue weighted by molar-refractivity contribution is 1.11. The number of para-hydroxylation sites is 8. The highest BCUT2D eigenvalue weighted by molar-refractivity contribution is 6.14. The molecule has 0 atom stereocenters. The van der Waals surface area contributed by atoms with E-state index in [1.807, 2.05) is 0 Å². The first-order chi connectivity index (χ1) is 34.1. The van der Waals surface area contributed by atoms with Crippen LogP contribution in [0.3, 0.4) is 0 Å². The fourth-order valence-electron chi connectivity index (χ4n) is 11.5. The van der Waals surface area contributed by atoms with Gasteiger partial charge in [0, 0.05) is 54.2 Å². The SMILES string of the molecule is Cc1cccc2c3ccccc3n(-c3cc(-n4c5ccccc5c5ccccc54)c(C#N)cc3-c3cc(C#N)c(-n4c5ccccc5c5ccccc54)cc3-n3c4ccccc4c4ccccc43)c12. The molecule has 320 valence electrons. The van der Waals surface area contributed by atoms with Crippen molar-refractivity contribution in [3.63, 3.8) is 0 Å². The van der Waals surface area contributed by atoms with Gasteiger partial charge in [0.2, 0.25) is 0 Å². The van der Waals surface area contributed by atoms with Gasteiger partial charge in [-0.15, -0.1) is 0 Å². The van der Waals surface area contributed by atoms with Gasteiger partial charge in [-0.05, 0) is 79.2 Å². The molecule has 0 aliphatic carbocycles. The molecule has 0 bridgehead atoms. The van der Waals surface area contributed by atoms with Crippen LogP contribution in [-0.4, -0.2) is 18.3 Å². The van der Waals surface area contributed by atoms with Gasteiger partial charge in [0.25, 0.3) is 0 Å². The molecule has 10 aromatic carbocycles. The molecule has 0 radical (unpaired) electrons. The summed E-state index contributed by atoms with van der Waals surface area (Å²) in [6.07, 6.45) is 0. The molecule has 69 heavy (non-hydrogen) atoms. The third kappa shape index (κ3) is 5.40. The van der Waals surface area contributed by atoms with Crippen LogP contribution in [-0.2, 0) is 0 Å². The number of benzene rings is 10. The Morgan fingerprint density at radius 3 is 0.913 bits per heavy atom. The van der Waals surface area contributed by atoms with Crippen molar-refractivity contribution in [1.82, 2.24) is 18.3 Å². The first-order valence-corrected chi connectivity index (χ1v) is 23.2. The third-order valence-electron chi connectivity index (χ3n) is 14.4. The lowest BCUT2D eigenvalue weighted by Crippen LogP contribution is -2.08. The Bertz CT molecular complexity index is 4430. The maximum Gasteiger partial charge on any atom is 0.101 e. The number of hydrogen-bond acceptors (Lipinski definition) is 2. The van der Waals surface area contributed by atoms with Crippen molar-refractivity contribution in [3.8, 4) is 46.0 Å². The number of nitrogens with zero attached hydrogens (tertiary/aromatic N) is 6. The van der Waals surface area contributed by atoms with Gasteiger partial charge in [0.15, 0.2) is 0 Å². The van der Waals surface area contributed by atoms with Crippen LogP contribution in [0.1, 0.15) is 16.7 Å². The number of hydrogen-bond donors (Lipinski definition) is 0. The van der Waals surface area contributed by atoms with Gasteiger partial charge in [-0.3, -0.25) is 0 Å². The predicted octanol–water partition coefficient (Wildman–Crippen LogP) is 15.8. The molecule has 4 heterocycles. The predicted molar refractivity (Wildman–Crippen MR) is 283 cm³/mol. The van der Waals surface area contributed by atoms with Crippen molar-refractivity contribution in [2.45, 2.75) is 6.92 Å². The Morgan fingerprint density at radius 1 is 0.290 bits per heavy atom. The molecule has 0 aliphatic heterocycles. The summed E-state index contributed by atoms with van der Waals surface area (Å²) in [5.41, 5.74) is 15.4. The van der Waals surface area contributed by atoms with E-state index in [0.717, 1.165) is 127 Å². The fourth-order valence-corrected chi connectivity index (χ4v) is 11.5. The summed E-state index contributed by atoms with van der Waals surface area (Å²) in [6.45, 7) is 2.17. The molecule has 14 aromatic rings. The standard InChI is InChI=1S/C63H38N6/c1-39-17-16-25-49-48-24-8-15-32-58(48)69(63(39)49)62-36-60(67-54-28-11-4-20-44(54)45-21-5-12-29-55(45)67)41(38-65)34-51(62)50-33-40(37-64)59(66-52-26-9-2-18-42(52)43-19-3-10-27-53(43)66)35-61(50)68-56-30-13-6-22-46(56)47-23-7-14-31-57(47)68/h2-36H,1H3. The molecule has 0 saturated carbocycles. The number of aryl methyl sites for hydroxylation is 1. The fraction of sp³-hybridized carbons (Fsp3) is 0.0159. The highest BCUT2D eigenvalue weighted by atomic mass is 15.0. The summed E-state index contributed by atoms with van der Waals surface area (Å²) < 4.78 is 9.23. The van der Waals surface area contributed by atoms with Crippen LogP contribution in [0.15, 0.2) is 212 Å². The van der Waals surface area contributed by atoms with Gasteiger partial charge in [-0.2, -0.15) is 10.5 Å². The topological polar surface area (TPSA) is 67.3 Å². The summed E-state index contributed by atoms with van der Waals surface area (Å²) >= 11 is 0. The first-order valence-electron chi connectivity index (χ1n) is 23.2. The minimum Gasteiger partial charge on any atom is -0.309 e. The van der Waals surface area contributed by atoms with Crippen LogP contribution in [0.5, 0.6) is 0 Å². The van der Waals surface area contributed by atoms with Crippen LogP contribution in [0.2, 0.25) is 0 Å². The minimum atomic E-state index is 0.510. The molecule has 14 rings (SSSR count). The van der Waals surface area contributed by atoms with Crippen molar-refractivity contribution < 1.29 is 0 Å². The zero-order chi connectivity index (χ0) is 45.9. The lowest BCUT2D eigenvalue weighted by Gasteiger charge is -2.23. The van der Waals surface area contributed by atoms with E-state index >= 15 is 0 Å². The minimum absolute atomic E-state index is 0.510. The van der Waals surface area contributed by atoms with Crippen molar-refractivity contribution in [1.29, 1.82) is 10.5 Å². The molecule has 0 amide bonds. The van der Waals surface area contributed by atoms with Gasteiger partial charge >= 0.3 is 0 Å². The van der Waals surface area contributed by atoms with E-state index < -0.39 is 0 Å². The monoisotopic (exact) mass is 878 g/mol. The zero-order valence-corrected chi connectivity index (χ0v) is 37.4. The molecule has 4 aromatic heterocycles. The highest BCUT2D eigenvalue weighted by Crippen LogP contribution is 2.46. The second-order valence-electron chi connectivity index (χ2n) is 17.9. The normalized spacial score (nSPS) is 11.8. The van der Waals surface area contributed by atoms with Crippen LogP contribution in [0.25, 0.3) is 121 Å². The second-order valence-corrected chi connectivity index (χ2v) is 17.9. The van der Waals surface area contributed by atoms with Crippen LogP contribution in [0, 0.1) is 29.6 Å². The van der Waals surface area contributed by atoms with Gasteiger partial charge in [-0.1, -0.05) is 146 Å². The largest absolute Gasteiger partial charge is 0.309 e. The van der Waals surface area contributed by atoms with E-state index in [-0.39, 0.29) is 0 Å². The van der Waals surface area contributed by atoms with Gasteiger partial charge in [0.05, 0.1) is 78.0 Å². The molecular weight excluding hydrogens is 841 g/mol. The van der Waals surface area contributed by atoms with E-state index in [0.29, 0.717) is 11.1 Å². The number of fused-ring (bicyclic) bond motifs is 12. The van der Waals surface area contributed by atoms with E-state index in [9.17, 15) is 10.5 Å². The van der Waals surface area contributed by atoms with Crippen molar-refractivity contribution in [3.05, 3.63) is 229 Å². The summed E-state index contributed by atoms with van der Waals surface area (Å²) in [5.74, 6) is 0. The maximum atomic E-state index is 11.5. The molecule has 0 saturated heterocycles. The molecule has 0 unspecified atom stereocenters. The van der Waals surface area contributed by atoms with E-state index in [1.54, 1.807) is 0 Å². The molecule has 0 fully saturated rings. The Balaban J connectivity index is 1.19. The summed E-state index contributed by atoms with van der Waals surface area (Å²) in [6, 6.07) is 79.9. The quantitative estimate of drug-likeness (QED) is 0.173. The molecule has 0 N–H and O–H groups in total. The number of nitriles is 2. The summed E-state index contributed by atoms with van der Waals surface area (Å²) in [5, 5.41) is 32.0. The Labute approximate surface area is 396 Å². The maximum absolute atomic E-state index is 11.5. The third-order valence-corrected chi connectivity index (χ3v) is 14.4. The number of rotatable bonds is 5. The van der Waals surface area contributed by atoms with Gasteiger partial charge < -0.3 is 18.3 Å². The van der Waals surface area contributed by atoms with Crippen molar-refractivity contribution in [2.24, 2.45) is 0 Å². The number of aromatic nitrogens is 4. The van der Waals surface area contributed by atoms with E-state index in [4.69, 9.17) is 0 Å². The average molecular weight is 879 g/mol.